The molecule has 4 heteroatoms. The molecule has 0 radical (unpaired) electrons. The molecule has 0 saturated heterocycles. The van der Waals surface area contributed by atoms with Gasteiger partial charge in [0, 0.05) is 6.04 Å². The molecule has 0 heterocycles. The van der Waals surface area contributed by atoms with Crippen LogP contribution in [0.25, 0.3) is 0 Å². The van der Waals surface area contributed by atoms with Crippen molar-refractivity contribution in [3.8, 4) is 0 Å². The van der Waals surface area contributed by atoms with Crippen molar-refractivity contribution in [3.05, 3.63) is 0 Å². The first-order valence-corrected chi connectivity index (χ1v) is 8.19. The largest absolute Gasteiger partial charge is 0.391 e. The molecule has 0 atom stereocenters. The fraction of sp³-hybridized carbons (Fsp3) is 1.00. The van der Waals surface area contributed by atoms with Crippen molar-refractivity contribution in [1.82, 2.24) is 5.32 Å². The molecule has 0 aromatic heterocycles. The van der Waals surface area contributed by atoms with E-state index in [0.717, 1.165) is 18.9 Å². The average Bonchev–Trinajstić information content (AvgIpc) is 2.37. The third kappa shape index (κ3) is 7.51. The summed E-state index contributed by atoms with van der Waals surface area (Å²) in [4.78, 5) is 0. The maximum atomic E-state index is 12.5. The number of hydrogen-bond acceptors (Lipinski definition) is 1. The lowest BCUT2D eigenvalue weighted by Crippen LogP contribution is -2.37. The summed E-state index contributed by atoms with van der Waals surface area (Å²) in [5.74, 6) is -0.270. The molecule has 120 valence electrons. The lowest BCUT2D eigenvalue weighted by atomic mass is 9.85. The van der Waals surface area contributed by atoms with E-state index >= 15 is 0 Å². The smallest absolute Gasteiger partial charge is 0.314 e. The van der Waals surface area contributed by atoms with Crippen molar-refractivity contribution in [2.24, 2.45) is 11.8 Å². The van der Waals surface area contributed by atoms with Gasteiger partial charge in [-0.1, -0.05) is 39.5 Å². The minimum Gasteiger partial charge on any atom is -0.314 e. The van der Waals surface area contributed by atoms with Crippen molar-refractivity contribution < 1.29 is 13.2 Å². The summed E-state index contributed by atoms with van der Waals surface area (Å²) in [6.07, 6.45) is 4.24. The number of alkyl halides is 3. The first-order valence-electron chi connectivity index (χ1n) is 8.19. The molecule has 1 aliphatic rings. The van der Waals surface area contributed by atoms with Crippen LogP contribution >= 0.6 is 0 Å². The quantitative estimate of drug-likeness (QED) is 0.598. The average molecular weight is 293 g/mol. The van der Waals surface area contributed by atoms with Gasteiger partial charge in [0.1, 0.15) is 0 Å². The van der Waals surface area contributed by atoms with Crippen LogP contribution in [0.15, 0.2) is 0 Å². The number of unbranched alkanes of at least 4 members (excludes halogenated alkanes) is 3. The Balaban J connectivity index is 1.97. The lowest BCUT2D eigenvalue weighted by Gasteiger charge is -2.30. The highest BCUT2D eigenvalue weighted by atomic mass is 19.4. The predicted octanol–water partition coefficient (Wildman–Crippen LogP) is 5.30. The molecular weight excluding hydrogens is 263 g/mol. The molecule has 1 nitrogen and oxygen atoms in total. The van der Waals surface area contributed by atoms with Crippen LogP contribution in [0.5, 0.6) is 0 Å². The molecule has 0 unspecified atom stereocenters. The summed E-state index contributed by atoms with van der Waals surface area (Å²) >= 11 is 0. The van der Waals surface area contributed by atoms with E-state index in [1.165, 1.54) is 25.7 Å². The van der Waals surface area contributed by atoms with Crippen LogP contribution in [0.4, 0.5) is 13.2 Å². The van der Waals surface area contributed by atoms with Gasteiger partial charge in [-0.05, 0) is 44.6 Å². The Kier molecular flexibility index (Phi) is 7.93. The van der Waals surface area contributed by atoms with E-state index < -0.39 is 12.1 Å². The van der Waals surface area contributed by atoms with Crippen LogP contribution in [0.2, 0.25) is 0 Å². The van der Waals surface area contributed by atoms with Gasteiger partial charge in [0.25, 0.3) is 0 Å². The summed E-state index contributed by atoms with van der Waals surface area (Å²) in [6, 6.07) is 0.310. The maximum Gasteiger partial charge on any atom is 0.391 e. The van der Waals surface area contributed by atoms with Gasteiger partial charge in [0.15, 0.2) is 0 Å². The molecule has 1 N–H and O–H groups in total. The molecule has 1 saturated carbocycles. The fourth-order valence-electron chi connectivity index (χ4n) is 2.96. The molecule has 20 heavy (non-hydrogen) atoms. The molecule has 1 rings (SSSR count). The van der Waals surface area contributed by atoms with E-state index in [1.54, 1.807) is 0 Å². The first-order chi connectivity index (χ1) is 9.39. The Bertz CT molecular complexity index is 243. The second-order valence-electron chi connectivity index (χ2n) is 6.64. The number of nitrogens with one attached hydrogen (secondary N) is 1. The Morgan fingerprint density at radius 3 is 2.10 bits per heavy atom. The zero-order chi connectivity index (χ0) is 15.0. The minimum atomic E-state index is -3.98. The Labute approximate surface area is 121 Å². The molecule has 1 fully saturated rings. The number of halogens is 3. The number of hydrogen-bond donors (Lipinski definition) is 1. The maximum absolute atomic E-state index is 12.5. The summed E-state index contributed by atoms with van der Waals surface area (Å²) < 4.78 is 37.6. The molecule has 0 amide bonds. The van der Waals surface area contributed by atoms with Crippen LogP contribution in [0, 0.1) is 11.8 Å². The topological polar surface area (TPSA) is 12.0 Å². The van der Waals surface area contributed by atoms with E-state index in [2.05, 4.69) is 19.2 Å². The van der Waals surface area contributed by atoms with Crippen molar-refractivity contribution in [2.75, 3.05) is 6.54 Å². The second-order valence-corrected chi connectivity index (χ2v) is 6.64. The van der Waals surface area contributed by atoms with E-state index in [4.69, 9.17) is 0 Å². The van der Waals surface area contributed by atoms with Crippen LogP contribution in [0.3, 0.4) is 0 Å². The molecule has 1 aliphatic carbocycles. The van der Waals surface area contributed by atoms with E-state index in [1.807, 2.05) is 0 Å². The van der Waals surface area contributed by atoms with Gasteiger partial charge in [-0.3, -0.25) is 0 Å². The van der Waals surface area contributed by atoms with Gasteiger partial charge in [-0.25, -0.2) is 0 Å². The van der Waals surface area contributed by atoms with Gasteiger partial charge in [0.2, 0.25) is 0 Å². The third-order valence-corrected chi connectivity index (χ3v) is 4.33. The summed E-state index contributed by atoms with van der Waals surface area (Å²) in [6.45, 7) is 5.46. The SMILES string of the molecule is CC(C)CCCCCCNC1CCC(C(F)(F)F)CC1. The fourth-order valence-corrected chi connectivity index (χ4v) is 2.96. The molecule has 0 aliphatic heterocycles. The van der Waals surface area contributed by atoms with Crippen LogP contribution < -0.4 is 5.32 Å². The summed E-state index contributed by atoms with van der Waals surface area (Å²) in [5, 5.41) is 3.43. The van der Waals surface area contributed by atoms with Crippen LogP contribution in [-0.4, -0.2) is 18.8 Å². The van der Waals surface area contributed by atoms with Crippen molar-refractivity contribution >= 4 is 0 Å². The predicted molar refractivity (Wildman–Crippen MR) is 77.7 cm³/mol. The summed E-state index contributed by atoms with van der Waals surface area (Å²) in [7, 11) is 0. The van der Waals surface area contributed by atoms with Crippen molar-refractivity contribution in [2.45, 2.75) is 83.9 Å². The first kappa shape index (κ1) is 17.8. The van der Waals surface area contributed by atoms with Crippen molar-refractivity contribution in [3.63, 3.8) is 0 Å². The zero-order valence-corrected chi connectivity index (χ0v) is 12.9. The highest BCUT2D eigenvalue weighted by molar-refractivity contribution is 4.80. The highest BCUT2D eigenvalue weighted by Crippen LogP contribution is 2.37. The Hall–Kier alpha value is -0.250. The van der Waals surface area contributed by atoms with Gasteiger partial charge >= 0.3 is 6.18 Å². The molecule has 0 bridgehead atoms. The van der Waals surface area contributed by atoms with Gasteiger partial charge in [0.05, 0.1) is 5.92 Å². The minimum absolute atomic E-state index is 0.301. The standard InChI is InChI=1S/C16H30F3N/c1-13(2)7-5-3-4-6-12-20-15-10-8-14(9-11-15)16(17,18)19/h13-15,20H,3-12H2,1-2H3. The van der Waals surface area contributed by atoms with E-state index in [0.29, 0.717) is 31.7 Å². The van der Waals surface area contributed by atoms with Gasteiger partial charge in [-0.2, -0.15) is 13.2 Å². The zero-order valence-electron chi connectivity index (χ0n) is 12.9. The van der Waals surface area contributed by atoms with Gasteiger partial charge < -0.3 is 5.32 Å². The Morgan fingerprint density at radius 1 is 0.950 bits per heavy atom. The van der Waals surface area contributed by atoms with Crippen LogP contribution in [-0.2, 0) is 0 Å². The monoisotopic (exact) mass is 293 g/mol. The van der Waals surface area contributed by atoms with E-state index in [9.17, 15) is 13.2 Å². The summed E-state index contributed by atoms with van der Waals surface area (Å²) in [5.41, 5.74) is 0. The Morgan fingerprint density at radius 2 is 1.55 bits per heavy atom. The highest BCUT2D eigenvalue weighted by Gasteiger charge is 2.41. The number of rotatable bonds is 8. The van der Waals surface area contributed by atoms with Gasteiger partial charge in [-0.15, -0.1) is 0 Å². The molecule has 0 aromatic rings. The van der Waals surface area contributed by atoms with E-state index in [-0.39, 0.29) is 0 Å². The van der Waals surface area contributed by atoms with Crippen molar-refractivity contribution in [1.29, 1.82) is 0 Å². The molecular formula is C16H30F3N. The lowest BCUT2D eigenvalue weighted by molar-refractivity contribution is -0.182. The molecule has 0 aromatic carbocycles. The third-order valence-electron chi connectivity index (χ3n) is 4.33. The second kappa shape index (κ2) is 8.91. The molecule has 0 spiro atoms. The van der Waals surface area contributed by atoms with Crippen LogP contribution in [0.1, 0.15) is 71.6 Å². The normalized spacial score (nSPS) is 24.3.